The van der Waals surface area contributed by atoms with Crippen molar-refractivity contribution < 1.29 is 4.79 Å². The van der Waals surface area contributed by atoms with Gasteiger partial charge in [0.1, 0.15) is 0 Å². The molecule has 0 fully saturated rings. The second kappa shape index (κ2) is 4.96. The largest absolute Gasteiger partial charge is 0.342 e. The SMILES string of the molecule is C/C=C(\C(=O)N(C)CC)C(C)C. The molecule has 0 bridgehead atoms. The van der Waals surface area contributed by atoms with Gasteiger partial charge in [0.15, 0.2) is 0 Å². The number of carbonyl (C=O) groups excluding carboxylic acids is 1. The van der Waals surface area contributed by atoms with Gasteiger partial charge in [-0.3, -0.25) is 4.79 Å². The van der Waals surface area contributed by atoms with Gasteiger partial charge in [0.25, 0.3) is 0 Å². The molecule has 0 aromatic rings. The number of rotatable bonds is 3. The molecule has 0 heterocycles. The normalized spacial score (nSPS) is 12.0. The monoisotopic (exact) mass is 169 g/mol. The molecule has 0 saturated heterocycles. The van der Waals surface area contributed by atoms with Gasteiger partial charge in [0.2, 0.25) is 5.91 Å². The predicted octanol–water partition coefficient (Wildman–Crippen LogP) is 2.07. The summed E-state index contributed by atoms with van der Waals surface area (Å²) in [6, 6.07) is 0. The molecule has 2 heteroatoms. The Bertz CT molecular complexity index is 182. The Hall–Kier alpha value is -0.790. The smallest absolute Gasteiger partial charge is 0.249 e. The molecule has 2 nitrogen and oxygen atoms in total. The van der Waals surface area contributed by atoms with E-state index < -0.39 is 0 Å². The van der Waals surface area contributed by atoms with Gasteiger partial charge in [-0.05, 0) is 19.8 Å². The van der Waals surface area contributed by atoms with Crippen LogP contribution in [0.5, 0.6) is 0 Å². The van der Waals surface area contributed by atoms with Crippen molar-refractivity contribution in [3.8, 4) is 0 Å². The molecule has 70 valence electrons. The fourth-order valence-corrected chi connectivity index (χ4v) is 1.07. The van der Waals surface area contributed by atoms with Crippen LogP contribution >= 0.6 is 0 Å². The van der Waals surface area contributed by atoms with E-state index in [9.17, 15) is 4.79 Å². The summed E-state index contributed by atoms with van der Waals surface area (Å²) in [5.41, 5.74) is 0.902. The van der Waals surface area contributed by atoms with Crippen molar-refractivity contribution in [2.75, 3.05) is 13.6 Å². The van der Waals surface area contributed by atoms with Crippen molar-refractivity contribution in [1.29, 1.82) is 0 Å². The van der Waals surface area contributed by atoms with Gasteiger partial charge in [-0.2, -0.15) is 0 Å². The molecular weight excluding hydrogens is 150 g/mol. The number of amides is 1. The lowest BCUT2D eigenvalue weighted by Gasteiger charge is -2.18. The highest BCUT2D eigenvalue weighted by atomic mass is 16.2. The van der Waals surface area contributed by atoms with Gasteiger partial charge in [0.05, 0.1) is 0 Å². The minimum absolute atomic E-state index is 0.148. The number of nitrogens with zero attached hydrogens (tertiary/aromatic N) is 1. The Morgan fingerprint density at radius 2 is 2.00 bits per heavy atom. The molecule has 0 N–H and O–H groups in total. The maximum Gasteiger partial charge on any atom is 0.249 e. The Labute approximate surface area is 75.3 Å². The van der Waals surface area contributed by atoms with E-state index in [0.717, 1.165) is 12.1 Å². The standard InChI is InChI=1S/C10H19NO/c1-6-9(8(3)4)10(12)11(5)7-2/h6,8H,7H2,1-5H3/b9-6-. The highest BCUT2D eigenvalue weighted by Crippen LogP contribution is 2.11. The van der Waals surface area contributed by atoms with E-state index in [1.807, 2.05) is 40.8 Å². The van der Waals surface area contributed by atoms with Gasteiger partial charge < -0.3 is 4.90 Å². The van der Waals surface area contributed by atoms with Gasteiger partial charge in [-0.25, -0.2) is 0 Å². The molecule has 0 aliphatic heterocycles. The van der Waals surface area contributed by atoms with Crippen LogP contribution in [0, 0.1) is 5.92 Å². The first-order valence-corrected chi connectivity index (χ1v) is 4.46. The van der Waals surface area contributed by atoms with Gasteiger partial charge in [-0.15, -0.1) is 0 Å². The summed E-state index contributed by atoms with van der Waals surface area (Å²) >= 11 is 0. The zero-order valence-corrected chi connectivity index (χ0v) is 8.72. The Kier molecular flexibility index (Phi) is 4.64. The summed E-state index contributed by atoms with van der Waals surface area (Å²) in [6.07, 6.45) is 1.90. The van der Waals surface area contributed by atoms with E-state index in [-0.39, 0.29) is 5.91 Å². The fourth-order valence-electron chi connectivity index (χ4n) is 1.07. The summed E-state index contributed by atoms with van der Waals surface area (Å²) in [5.74, 6) is 0.464. The van der Waals surface area contributed by atoms with E-state index in [1.54, 1.807) is 4.90 Å². The lowest BCUT2D eigenvalue weighted by molar-refractivity contribution is -0.126. The lowest BCUT2D eigenvalue weighted by atomic mass is 10.0. The van der Waals surface area contributed by atoms with E-state index in [2.05, 4.69) is 0 Å². The third kappa shape index (κ3) is 2.68. The molecule has 12 heavy (non-hydrogen) atoms. The van der Waals surface area contributed by atoms with Crippen molar-refractivity contribution in [2.24, 2.45) is 5.92 Å². The second-order valence-corrected chi connectivity index (χ2v) is 3.22. The van der Waals surface area contributed by atoms with E-state index in [1.165, 1.54) is 0 Å². The second-order valence-electron chi connectivity index (χ2n) is 3.22. The predicted molar refractivity (Wildman–Crippen MR) is 51.9 cm³/mol. The van der Waals surface area contributed by atoms with Crippen molar-refractivity contribution in [2.45, 2.75) is 27.7 Å². The molecule has 0 aliphatic rings. The number of hydrogen-bond donors (Lipinski definition) is 0. The van der Waals surface area contributed by atoms with Crippen LogP contribution in [0.2, 0.25) is 0 Å². The molecule has 0 aromatic carbocycles. The maximum atomic E-state index is 11.6. The van der Waals surface area contributed by atoms with Gasteiger partial charge >= 0.3 is 0 Å². The molecule has 0 aliphatic carbocycles. The molecule has 0 radical (unpaired) electrons. The maximum absolute atomic E-state index is 11.6. The fraction of sp³-hybridized carbons (Fsp3) is 0.700. The van der Waals surface area contributed by atoms with Crippen LogP contribution in [-0.2, 0) is 4.79 Å². The molecule has 0 rings (SSSR count). The van der Waals surface area contributed by atoms with Crippen molar-refractivity contribution in [3.05, 3.63) is 11.6 Å². The van der Waals surface area contributed by atoms with Gasteiger partial charge in [0, 0.05) is 19.2 Å². The number of hydrogen-bond acceptors (Lipinski definition) is 1. The number of likely N-dealkylation sites (N-methyl/N-ethyl adjacent to an activating group) is 1. The van der Waals surface area contributed by atoms with Gasteiger partial charge in [-0.1, -0.05) is 19.9 Å². The summed E-state index contributed by atoms with van der Waals surface area (Å²) in [7, 11) is 1.83. The molecule has 1 amide bonds. The zero-order chi connectivity index (χ0) is 9.72. The third-order valence-electron chi connectivity index (χ3n) is 2.00. The quantitative estimate of drug-likeness (QED) is 0.592. The highest BCUT2D eigenvalue weighted by Gasteiger charge is 2.14. The summed E-state index contributed by atoms with van der Waals surface area (Å²) in [5, 5.41) is 0. The molecule has 0 unspecified atom stereocenters. The van der Waals surface area contributed by atoms with Crippen molar-refractivity contribution >= 4 is 5.91 Å². The minimum Gasteiger partial charge on any atom is -0.342 e. The summed E-state index contributed by atoms with van der Waals surface area (Å²) < 4.78 is 0. The van der Waals surface area contributed by atoms with Crippen LogP contribution in [-0.4, -0.2) is 24.4 Å². The summed E-state index contributed by atoms with van der Waals surface area (Å²) in [4.78, 5) is 13.3. The van der Waals surface area contributed by atoms with E-state index in [4.69, 9.17) is 0 Å². The average molecular weight is 169 g/mol. The van der Waals surface area contributed by atoms with E-state index >= 15 is 0 Å². The highest BCUT2D eigenvalue weighted by molar-refractivity contribution is 5.93. The van der Waals surface area contributed by atoms with Crippen LogP contribution in [0.15, 0.2) is 11.6 Å². The van der Waals surface area contributed by atoms with Crippen LogP contribution < -0.4 is 0 Å². The first-order valence-electron chi connectivity index (χ1n) is 4.46. The molecule has 0 saturated carbocycles. The van der Waals surface area contributed by atoms with Crippen molar-refractivity contribution in [3.63, 3.8) is 0 Å². The molecule has 0 spiro atoms. The number of allylic oxidation sites excluding steroid dienone is 1. The Morgan fingerprint density at radius 3 is 2.25 bits per heavy atom. The molecule has 0 atom stereocenters. The van der Waals surface area contributed by atoms with Crippen LogP contribution in [0.3, 0.4) is 0 Å². The topological polar surface area (TPSA) is 20.3 Å². The average Bonchev–Trinajstić information content (AvgIpc) is 2.03. The van der Waals surface area contributed by atoms with E-state index in [0.29, 0.717) is 5.92 Å². The Morgan fingerprint density at radius 1 is 1.50 bits per heavy atom. The Balaban J connectivity index is 4.45. The summed E-state index contributed by atoms with van der Waals surface area (Å²) in [6.45, 7) is 8.73. The third-order valence-corrected chi connectivity index (χ3v) is 2.00. The minimum atomic E-state index is 0.148. The first-order chi connectivity index (χ1) is 5.54. The zero-order valence-electron chi connectivity index (χ0n) is 8.72. The molecular formula is C10H19NO. The first kappa shape index (κ1) is 11.2. The van der Waals surface area contributed by atoms with Crippen LogP contribution in [0.25, 0.3) is 0 Å². The number of carbonyl (C=O) groups is 1. The van der Waals surface area contributed by atoms with Crippen molar-refractivity contribution in [1.82, 2.24) is 4.90 Å². The molecule has 0 aromatic heterocycles. The van der Waals surface area contributed by atoms with Crippen LogP contribution in [0.1, 0.15) is 27.7 Å². The lowest BCUT2D eigenvalue weighted by Crippen LogP contribution is -2.29. The van der Waals surface area contributed by atoms with Crippen LogP contribution in [0.4, 0.5) is 0 Å².